The van der Waals surface area contributed by atoms with Gasteiger partial charge in [-0.1, -0.05) is 38.4 Å². The molecule has 0 aromatic heterocycles. The van der Waals surface area contributed by atoms with Crippen molar-refractivity contribution in [3.63, 3.8) is 0 Å². The van der Waals surface area contributed by atoms with E-state index in [1.54, 1.807) is 0 Å². The highest BCUT2D eigenvalue weighted by atomic mass is 35.5. The maximum Gasteiger partial charge on any atom is 0.317 e. The Balaban J connectivity index is 1.95. The van der Waals surface area contributed by atoms with Gasteiger partial charge in [0.25, 0.3) is 0 Å². The van der Waals surface area contributed by atoms with Gasteiger partial charge in [-0.3, -0.25) is 4.90 Å². The maximum atomic E-state index is 12.6. The van der Waals surface area contributed by atoms with Crippen LogP contribution in [0.2, 0.25) is 5.02 Å². The Bertz CT molecular complexity index is 560. The molecule has 1 aromatic carbocycles. The number of amides is 2. The molecular weight excluding hydrogens is 322 g/mol. The predicted octanol–water partition coefficient (Wildman–Crippen LogP) is 3.74. The van der Waals surface area contributed by atoms with E-state index in [9.17, 15) is 4.79 Å². The van der Waals surface area contributed by atoms with Crippen LogP contribution in [0.15, 0.2) is 18.2 Å². The van der Waals surface area contributed by atoms with E-state index < -0.39 is 0 Å². The fraction of sp³-hybridized carbons (Fsp3) is 0.632. The average Bonchev–Trinajstić information content (AvgIpc) is 2.73. The molecule has 0 fully saturated rings. The van der Waals surface area contributed by atoms with Crippen molar-refractivity contribution in [3.05, 3.63) is 34.3 Å². The number of fused-ring (bicyclic) bond motifs is 1. The highest BCUT2D eigenvalue weighted by Crippen LogP contribution is 2.27. The van der Waals surface area contributed by atoms with Gasteiger partial charge in [0.05, 0.1) is 0 Å². The molecule has 5 heteroatoms. The van der Waals surface area contributed by atoms with E-state index >= 15 is 0 Å². The zero-order valence-corrected chi connectivity index (χ0v) is 16.1. The highest BCUT2D eigenvalue weighted by molar-refractivity contribution is 6.30. The summed E-state index contributed by atoms with van der Waals surface area (Å²) >= 11 is 6.14. The predicted molar refractivity (Wildman–Crippen MR) is 101 cm³/mol. The number of hydrogen-bond acceptors (Lipinski definition) is 2. The first kappa shape index (κ1) is 19.1. The molecule has 1 aliphatic heterocycles. The number of carbonyl (C=O) groups is 1. The number of halogens is 1. The first-order valence-corrected chi connectivity index (χ1v) is 9.39. The Hall–Kier alpha value is -1.26. The number of carbonyl (C=O) groups excluding carboxylic acids is 1. The van der Waals surface area contributed by atoms with Crippen LogP contribution in [-0.2, 0) is 6.42 Å². The van der Waals surface area contributed by atoms with Crippen molar-refractivity contribution in [2.24, 2.45) is 0 Å². The minimum atomic E-state index is 0.0414. The molecule has 0 spiro atoms. The quantitative estimate of drug-likeness (QED) is 0.877. The topological polar surface area (TPSA) is 35.6 Å². The van der Waals surface area contributed by atoms with Crippen LogP contribution in [0.1, 0.15) is 44.7 Å². The van der Waals surface area contributed by atoms with Crippen LogP contribution in [0.5, 0.6) is 0 Å². The van der Waals surface area contributed by atoms with Crippen LogP contribution in [0.25, 0.3) is 0 Å². The fourth-order valence-corrected chi connectivity index (χ4v) is 3.72. The van der Waals surface area contributed by atoms with E-state index in [0.29, 0.717) is 18.5 Å². The van der Waals surface area contributed by atoms with E-state index in [0.717, 1.165) is 37.6 Å². The summed E-state index contributed by atoms with van der Waals surface area (Å²) in [4.78, 5) is 16.9. The fourth-order valence-electron chi connectivity index (χ4n) is 3.54. The summed E-state index contributed by atoms with van der Waals surface area (Å²) in [5.41, 5.74) is 2.58. The molecule has 24 heavy (non-hydrogen) atoms. The highest BCUT2D eigenvalue weighted by Gasteiger charge is 2.24. The Labute approximate surface area is 151 Å². The lowest BCUT2D eigenvalue weighted by Gasteiger charge is -2.28. The number of nitrogens with zero attached hydrogens (tertiary/aromatic N) is 2. The van der Waals surface area contributed by atoms with Crippen molar-refractivity contribution in [1.29, 1.82) is 0 Å². The third-order valence-corrected chi connectivity index (χ3v) is 5.29. The van der Waals surface area contributed by atoms with E-state index in [4.69, 9.17) is 11.6 Å². The van der Waals surface area contributed by atoms with Gasteiger partial charge in [-0.2, -0.15) is 0 Å². The number of hydrogen-bond donors (Lipinski definition) is 1. The standard InChI is InChI=1S/C19H30ClN3O/c1-5-22(6-2)15(4)12-21-19(24)23-10-9-16-7-8-17(20)11-18(16)14(3)13-23/h7-8,11,14-15H,5-6,9-10,12-13H2,1-4H3,(H,21,24)/t14-,15+/m0/s1. The molecular formula is C19H30ClN3O. The second kappa shape index (κ2) is 8.72. The van der Waals surface area contributed by atoms with Crippen molar-refractivity contribution in [1.82, 2.24) is 15.1 Å². The van der Waals surface area contributed by atoms with E-state index in [-0.39, 0.29) is 6.03 Å². The minimum Gasteiger partial charge on any atom is -0.336 e. The van der Waals surface area contributed by atoms with Gasteiger partial charge in [-0.15, -0.1) is 0 Å². The monoisotopic (exact) mass is 351 g/mol. The number of nitrogens with one attached hydrogen (secondary N) is 1. The van der Waals surface area contributed by atoms with Gasteiger partial charge in [0.15, 0.2) is 0 Å². The summed E-state index contributed by atoms with van der Waals surface area (Å²) in [6, 6.07) is 6.47. The van der Waals surface area contributed by atoms with Gasteiger partial charge in [-0.25, -0.2) is 4.79 Å². The molecule has 0 unspecified atom stereocenters. The van der Waals surface area contributed by atoms with Crippen molar-refractivity contribution in [2.45, 2.75) is 46.1 Å². The number of rotatable bonds is 5. The van der Waals surface area contributed by atoms with Crippen molar-refractivity contribution in [2.75, 3.05) is 32.7 Å². The Morgan fingerprint density at radius 3 is 2.79 bits per heavy atom. The summed E-state index contributed by atoms with van der Waals surface area (Å²) in [5.74, 6) is 0.298. The summed E-state index contributed by atoms with van der Waals surface area (Å²) in [6.07, 6.45) is 0.885. The van der Waals surface area contributed by atoms with Crippen LogP contribution in [-0.4, -0.2) is 54.6 Å². The molecule has 1 aromatic rings. The van der Waals surface area contributed by atoms with Crippen LogP contribution in [0.4, 0.5) is 4.79 Å². The molecule has 0 saturated carbocycles. The van der Waals surface area contributed by atoms with Crippen LogP contribution < -0.4 is 5.32 Å². The van der Waals surface area contributed by atoms with E-state index in [2.05, 4.69) is 44.0 Å². The van der Waals surface area contributed by atoms with Gasteiger partial charge in [0.1, 0.15) is 0 Å². The third-order valence-electron chi connectivity index (χ3n) is 5.06. The normalized spacial score (nSPS) is 18.9. The SMILES string of the molecule is CCN(CC)[C@H](C)CNC(=O)N1CCc2ccc(Cl)cc2[C@@H](C)C1. The molecule has 0 bridgehead atoms. The first-order valence-electron chi connectivity index (χ1n) is 9.01. The largest absolute Gasteiger partial charge is 0.336 e. The second-order valence-corrected chi connectivity index (χ2v) is 7.13. The summed E-state index contributed by atoms with van der Waals surface area (Å²) < 4.78 is 0. The van der Waals surface area contributed by atoms with E-state index in [1.165, 1.54) is 11.1 Å². The lowest BCUT2D eigenvalue weighted by Crippen LogP contribution is -2.47. The van der Waals surface area contributed by atoms with Gasteiger partial charge in [-0.05, 0) is 55.6 Å². The average molecular weight is 352 g/mol. The molecule has 1 N–H and O–H groups in total. The van der Waals surface area contributed by atoms with E-state index in [1.807, 2.05) is 17.0 Å². The van der Waals surface area contributed by atoms with Crippen LogP contribution in [0, 0.1) is 0 Å². The second-order valence-electron chi connectivity index (χ2n) is 6.70. The zero-order chi connectivity index (χ0) is 17.7. The molecule has 1 heterocycles. The molecule has 2 rings (SSSR count). The number of likely N-dealkylation sites (N-methyl/N-ethyl adjacent to an activating group) is 1. The molecule has 0 aliphatic carbocycles. The van der Waals surface area contributed by atoms with Gasteiger partial charge in [0, 0.05) is 30.7 Å². The van der Waals surface area contributed by atoms with Crippen molar-refractivity contribution in [3.8, 4) is 0 Å². The summed E-state index contributed by atoms with van der Waals surface area (Å²) in [5, 5.41) is 3.88. The molecule has 2 atom stereocenters. The summed E-state index contributed by atoms with van der Waals surface area (Å²) in [6.45, 7) is 12.8. The lowest BCUT2D eigenvalue weighted by atomic mass is 9.95. The number of benzene rings is 1. The lowest BCUT2D eigenvalue weighted by molar-refractivity contribution is 0.186. The zero-order valence-electron chi connectivity index (χ0n) is 15.3. The molecule has 0 saturated heterocycles. The first-order chi connectivity index (χ1) is 11.5. The van der Waals surface area contributed by atoms with Crippen LogP contribution >= 0.6 is 11.6 Å². The van der Waals surface area contributed by atoms with Gasteiger partial charge in [0.2, 0.25) is 0 Å². The van der Waals surface area contributed by atoms with Crippen molar-refractivity contribution < 1.29 is 4.79 Å². The van der Waals surface area contributed by atoms with Gasteiger partial charge >= 0.3 is 6.03 Å². The molecule has 134 valence electrons. The maximum absolute atomic E-state index is 12.6. The molecule has 2 amide bonds. The summed E-state index contributed by atoms with van der Waals surface area (Å²) in [7, 11) is 0. The molecule has 1 aliphatic rings. The smallest absolute Gasteiger partial charge is 0.317 e. The van der Waals surface area contributed by atoms with Gasteiger partial charge < -0.3 is 10.2 Å². The third kappa shape index (κ3) is 4.64. The van der Waals surface area contributed by atoms with Crippen LogP contribution in [0.3, 0.4) is 0 Å². The Morgan fingerprint density at radius 2 is 2.12 bits per heavy atom. The number of urea groups is 1. The minimum absolute atomic E-state index is 0.0414. The molecule has 4 nitrogen and oxygen atoms in total. The van der Waals surface area contributed by atoms with Crippen molar-refractivity contribution >= 4 is 17.6 Å². The Morgan fingerprint density at radius 1 is 1.42 bits per heavy atom. The Kier molecular flexibility index (Phi) is 6.93. The molecule has 0 radical (unpaired) electrons.